The van der Waals surface area contributed by atoms with Crippen molar-refractivity contribution in [3.05, 3.63) is 0 Å². The minimum absolute atomic E-state index is 0.179. The van der Waals surface area contributed by atoms with Crippen molar-refractivity contribution in [1.29, 1.82) is 0 Å². The van der Waals surface area contributed by atoms with Crippen LogP contribution in [0.25, 0.3) is 0 Å². The van der Waals surface area contributed by atoms with Crippen molar-refractivity contribution in [2.75, 3.05) is 13.2 Å². The van der Waals surface area contributed by atoms with Crippen molar-refractivity contribution in [3.63, 3.8) is 0 Å². The highest BCUT2D eigenvalue weighted by molar-refractivity contribution is 5.84. The van der Waals surface area contributed by atoms with Crippen LogP contribution in [0, 0.1) is 11.8 Å². The van der Waals surface area contributed by atoms with Crippen molar-refractivity contribution >= 4 is 11.9 Å². The Kier molecular flexibility index (Phi) is 14.8. The summed E-state index contributed by atoms with van der Waals surface area (Å²) in [7, 11) is 0. The van der Waals surface area contributed by atoms with Crippen LogP contribution < -0.4 is 0 Å². The van der Waals surface area contributed by atoms with Gasteiger partial charge in [-0.3, -0.25) is 9.59 Å². The molecule has 0 amide bonds. The summed E-state index contributed by atoms with van der Waals surface area (Å²) < 4.78 is 17.1. The molecule has 0 spiro atoms. The molecule has 0 aromatic carbocycles. The fourth-order valence-electron chi connectivity index (χ4n) is 5.29. The number of fused-ring (bicyclic) bond motifs is 2. The Labute approximate surface area is 202 Å². The largest absolute Gasteiger partial charge is 0.465 e. The lowest BCUT2D eigenvalue weighted by molar-refractivity contribution is -0.161. The van der Waals surface area contributed by atoms with Crippen LogP contribution in [-0.2, 0) is 23.8 Å². The van der Waals surface area contributed by atoms with Crippen LogP contribution in [0.2, 0.25) is 0 Å². The second-order valence-electron chi connectivity index (χ2n) is 10.1. The first-order chi connectivity index (χ1) is 16.2. The van der Waals surface area contributed by atoms with Gasteiger partial charge in [-0.1, -0.05) is 104 Å². The first-order valence-corrected chi connectivity index (χ1v) is 14.2. The van der Waals surface area contributed by atoms with E-state index in [1.807, 2.05) is 0 Å². The maximum atomic E-state index is 12.8. The van der Waals surface area contributed by atoms with Crippen LogP contribution in [0.1, 0.15) is 129 Å². The summed E-state index contributed by atoms with van der Waals surface area (Å²) in [6.07, 6.45) is 20.7. The third-order valence-corrected chi connectivity index (χ3v) is 7.30. The summed E-state index contributed by atoms with van der Waals surface area (Å²) in [5.74, 6) is -1.49. The molecule has 2 saturated heterocycles. The van der Waals surface area contributed by atoms with E-state index in [0.29, 0.717) is 13.2 Å². The predicted octanol–water partition coefficient (Wildman–Crippen LogP) is 7.15. The van der Waals surface area contributed by atoms with Crippen LogP contribution >= 0.6 is 0 Å². The minimum Gasteiger partial charge on any atom is -0.465 e. The summed E-state index contributed by atoms with van der Waals surface area (Å²) in [6, 6.07) is 0. The average molecular weight is 467 g/mol. The van der Waals surface area contributed by atoms with E-state index in [9.17, 15) is 9.59 Å². The molecule has 2 heterocycles. The minimum atomic E-state index is -0.483. The first-order valence-electron chi connectivity index (χ1n) is 14.2. The zero-order valence-corrected chi connectivity index (χ0v) is 21.5. The summed E-state index contributed by atoms with van der Waals surface area (Å²) in [6.45, 7) is 5.36. The number of rotatable bonds is 20. The lowest BCUT2D eigenvalue weighted by Crippen LogP contribution is -2.40. The molecule has 0 aromatic rings. The van der Waals surface area contributed by atoms with Gasteiger partial charge < -0.3 is 14.2 Å². The number of esters is 2. The summed E-state index contributed by atoms with van der Waals surface area (Å²) in [4.78, 5) is 25.5. The Morgan fingerprint density at radius 2 is 0.909 bits per heavy atom. The SMILES string of the molecule is CCCCCCCCCCOC(=O)C1C2CCC(O2)C1C(=O)OCCCCCCCCCC. The third kappa shape index (κ3) is 10.4. The molecule has 33 heavy (non-hydrogen) atoms. The van der Waals surface area contributed by atoms with Crippen LogP contribution in [-0.4, -0.2) is 37.4 Å². The van der Waals surface area contributed by atoms with E-state index in [1.165, 1.54) is 77.0 Å². The van der Waals surface area contributed by atoms with Gasteiger partial charge in [0, 0.05) is 0 Å². The molecule has 2 rings (SSSR count). The average Bonchev–Trinajstić information content (AvgIpc) is 3.43. The molecule has 0 N–H and O–H groups in total. The molecule has 2 aliphatic heterocycles. The topological polar surface area (TPSA) is 61.8 Å². The Balaban J connectivity index is 1.59. The van der Waals surface area contributed by atoms with E-state index in [4.69, 9.17) is 14.2 Å². The Bertz CT molecular complexity index is 488. The highest BCUT2D eigenvalue weighted by atomic mass is 16.6. The van der Waals surface area contributed by atoms with E-state index < -0.39 is 11.8 Å². The Morgan fingerprint density at radius 1 is 0.576 bits per heavy atom. The Morgan fingerprint density at radius 3 is 1.27 bits per heavy atom. The highest BCUT2D eigenvalue weighted by Gasteiger charge is 2.56. The molecule has 2 fully saturated rings. The number of hydrogen-bond acceptors (Lipinski definition) is 5. The second kappa shape index (κ2) is 17.4. The molecule has 0 saturated carbocycles. The quantitative estimate of drug-likeness (QED) is 0.141. The lowest BCUT2D eigenvalue weighted by Gasteiger charge is -2.25. The van der Waals surface area contributed by atoms with E-state index in [-0.39, 0.29) is 24.1 Å². The molecule has 5 nitrogen and oxygen atoms in total. The number of carbonyl (C=O) groups excluding carboxylic acids is 2. The fraction of sp³-hybridized carbons (Fsp3) is 0.929. The van der Waals surface area contributed by atoms with Gasteiger partial charge in [-0.2, -0.15) is 0 Å². The first kappa shape index (κ1) is 28.1. The van der Waals surface area contributed by atoms with Gasteiger partial charge in [0.15, 0.2) is 0 Å². The van der Waals surface area contributed by atoms with E-state index in [0.717, 1.165) is 38.5 Å². The van der Waals surface area contributed by atoms with Crippen molar-refractivity contribution in [1.82, 2.24) is 0 Å². The van der Waals surface area contributed by atoms with E-state index in [1.54, 1.807) is 0 Å². The van der Waals surface area contributed by atoms with Crippen LogP contribution in [0.3, 0.4) is 0 Å². The van der Waals surface area contributed by atoms with E-state index >= 15 is 0 Å². The molecule has 2 bridgehead atoms. The monoisotopic (exact) mass is 466 g/mol. The van der Waals surface area contributed by atoms with Gasteiger partial charge in [0.1, 0.15) is 0 Å². The van der Waals surface area contributed by atoms with Crippen LogP contribution in [0.4, 0.5) is 0 Å². The standard InChI is InChI=1S/C28H50O5/c1-3-5-7-9-11-13-15-17-21-31-27(29)25-23-19-20-24(33-23)26(25)28(30)32-22-18-16-14-12-10-8-6-4-2/h23-26H,3-22H2,1-2H3. The summed E-state index contributed by atoms with van der Waals surface area (Å²) in [5, 5.41) is 0. The number of carbonyl (C=O) groups is 2. The van der Waals surface area contributed by atoms with Gasteiger partial charge in [0.05, 0.1) is 37.3 Å². The maximum Gasteiger partial charge on any atom is 0.312 e. The number of hydrogen-bond donors (Lipinski definition) is 0. The van der Waals surface area contributed by atoms with Gasteiger partial charge in [0.25, 0.3) is 0 Å². The molecular weight excluding hydrogens is 416 g/mol. The van der Waals surface area contributed by atoms with Crippen molar-refractivity contribution < 1.29 is 23.8 Å². The third-order valence-electron chi connectivity index (χ3n) is 7.30. The van der Waals surface area contributed by atoms with Crippen molar-refractivity contribution in [2.24, 2.45) is 11.8 Å². The second-order valence-corrected chi connectivity index (χ2v) is 10.1. The van der Waals surface area contributed by atoms with Gasteiger partial charge in [-0.15, -0.1) is 0 Å². The molecule has 2 aliphatic rings. The predicted molar refractivity (Wildman–Crippen MR) is 132 cm³/mol. The van der Waals surface area contributed by atoms with Crippen LogP contribution in [0.15, 0.2) is 0 Å². The number of unbranched alkanes of at least 4 members (excludes halogenated alkanes) is 14. The van der Waals surface area contributed by atoms with Crippen molar-refractivity contribution in [2.45, 2.75) is 142 Å². The molecule has 0 aromatic heterocycles. The zero-order valence-electron chi connectivity index (χ0n) is 21.5. The molecule has 4 unspecified atom stereocenters. The fourth-order valence-corrected chi connectivity index (χ4v) is 5.29. The summed E-state index contributed by atoms with van der Waals surface area (Å²) in [5.41, 5.74) is 0. The van der Waals surface area contributed by atoms with Crippen LogP contribution in [0.5, 0.6) is 0 Å². The molecule has 0 aliphatic carbocycles. The van der Waals surface area contributed by atoms with E-state index in [2.05, 4.69) is 13.8 Å². The molecule has 0 radical (unpaired) electrons. The van der Waals surface area contributed by atoms with Gasteiger partial charge >= 0.3 is 11.9 Å². The zero-order chi connectivity index (χ0) is 23.7. The molecule has 192 valence electrons. The molecule has 4 atom stereocenters. The van der Waals surface area contributed by atoms with Gasteiger partial charge in [0.2, 0.25) is 0 Å². The van der Waals surface area contributed by atoms with Crippen molar-refractivity contribution in [3.8, 4) is 0 Å². The smallest absolute Gasteiger partial charge is 0.312 e. The van der Waals surface area contributed by atoms with Gasteiger partial charge in [-0.25, -0.2) is 0 Å². The highest BCUT2D eigenvalue weighted by Crippen LogP contribution is 2.44. The number of ether oxygens (including phenoxy) is 3. The lowest BCUT2D eigenvalue weighted by atomic mass is 9.79. The maximum absolute atomic E-state index is 12.8. The normalized spacial score (nSPS) is 23.7. The summed E-state index contributed by atoms with van der Waals surface area (Å²) >= 11 is 0. The van der Waals surface area contributed by atoms with Gasteiger partial charge in [-0.05, 0) is 25.7 Å². The molecular formula is C28H50O5. The molecule has 5 heteroatoms. The Hall–Kier alpha value is -1.10.